The van der Waals surface area contributed by atoms with Crippen LogP contribution in [-0.2, 0) is 56.0 Å². The van der Waals surface area contributed by atoms with Crippen molar-refractivity contribution in [1.29, 1.82) is 0 Å². The van der Waals surface area contributed by atoms with E-state index in [4.69, 9.17) is 34.4 Å². The minimum Gasteiger partial charge on any atom is -0.370 e. The maximum Gasteiger partial charge on any atom is 0.243 e. The number of nitrogens with zero attached hydrogens (tertiary/aromatic N) is 2. The topological polar surface area (TPSA) is 446 Å². The molecule has 0 aliphatic heterocycles. The van der Waals surface area contributed by atoms with Gasteiger partial charge in [-0.05, 0) is 82.3 Å². The van der Waals surface area contributed by atoms with Gasteiger partial charge in [0.1, 0.15) is 30.5 Å². The lowest BCUT2D eigenvalue weighted by Crippen LogP contribution is -2.58. The number of aliphatic imine (C=N–C) groups is 2. The second-order valence-corrected chi connectivity index (χ2v) is 16.8. The van der Waals surface area contributed by atoms with E-state index in [1.807, 2.05) is 13.8 Å². The molecule has 1 heterocycles. The Hall–Kier alpha value is -8.13. The lowest BCUT2D eigenvalue weighted by atomic mass is 10.0. The van der Waals surface area contributed by atoms with Crippen molar-refractivity contribution in [1.82, 2.24) is 47.5 Å². The summed E-state index contributed by atoms with van der Waals surface area (Å²) in [7, 11) is 1.72. The summed E-state index contributed by atoms with van der Waals surface area (Å²) in [5.41, 5.74) is 34.3. The number of carbonyl (C=O) groups excluding carboxylic acids is 9. The SMILES string of the molecule is CCCN=C(N)N.CCCN=C(N)N.CCc1c[nH]c2ccccc12.CNCCCC(NC(=O)CNC(C)=O)C(=O)N[C@@H](CCN)C(=O)NC(Cc1ccccc1)C(=O)NCC(=O)NCC(=O)NC(CCC=O)C(N)=O. The average molecular weight is 1070 g/mol. The number of aldehydes is 1. The number of para-hydroxylation sites is 1. The van der Waals surface area contributed by atoms with Crippen LogP contribution in [0.5, 0.6) is 0 Å². The third kappa shape index (κ3) is 32.1. The molecule has 0 aliphatic carbocycles. The van der Waals surface area contributed by atoms with Gasteiger partial charge in [0, 0.05) is 50.0 Å². The van der Waals surface area contributed by atoms with Crippen LogP contribution in [0.2, 0.25) is 0 Å². The third-order valence-corrected chi connectivity index (χ3v) is 10.3. The number of aromatic amines is 1. The number of aryl methyl sites for hydroxylation is 1. The van der Waals surface area contributed by atoms with Crippen molar-refractivity contribution in [3.63, 3.8) is 0 Å². The minimum absolute atomic E-state index is 0.00682. The molecule has 2 aromatic carbocycles. The van der Waals surface area contributed by atoms with Crippen LogP contribution < -0.4 is 76.9 Å². The molecule has 8 amide bonds. The predicted octanol–water partition coefficient (Wildman–Crippen LogP) is -2.58. The molecule has 0 spiro atoms. The third-order valence-electron chi connectivity index (χ3n) is 10.3. The summed E-state index contributed by atoms with van der Waals surface area (Å²) in [4.78, 5) is 121. The standard InChI is InChI=1S/C32H50N10O9.C10H11N.2C4H11N3/c1-20(44)36-18-27(46)40-23(10-6-14-35-2)31(50)41-24(12-13-33)32(51)42-25(16-21-8-4-3-5-9-21)30(49)38-17-26(45)37-19-28(47)39-22(29(34)48)11-7-15-43;1-2-8-7-11-10-6-4-3-5-9(8)10;2*1-2-3-7-4(5)6/h3-5,8-9,15,22-25,35H,6-7,10-14,16-19,33H2,1-2H3,(H2,34,48)(H,36,44)(H,37,45)(H,38,49)(H,39,47)(H,40,46)(H,41,50)(H,42,51);3-7,11H,2H2,1H3;2*2-3H2,1H3,(H4,5,6,7)/t22?,23?,24-,25?;;;/m0.../s1. The first-order chi connectivity index (χ1) is 36.3. The largest absolute Gasteiger partial charge is 0.370 e. The molecule has 26 nitrogen and oxygen atoms in total. The lowest BCUT2D eigenvalue weighted by Gasteiger charge is -2.25. The number of fused-ring (bicyclic) bond motifs is 1. The summed E-state index contributed by atoms with van der Waals surface area (Å²) >= 11 is 0. The molecule has 3 rings (SSSR count). The van der Waals surface area contributed by atoms with E-state index >= 15 is 0 Å². The zero-order chi connectivity index (χ0) is 57.3. The summed E-state index contributed by atoms with van der Waals surface area (Å²) in [6.07, 6.45) is 6.43. The van der Waals surface area contributed by atoms with E-state index < -0.39 is 84.5 Å². The first-order valence-electron chi connectivity index (χ1n) is 25.0. The van der Waals surface area contributed by atoms with Gasteiger partial charge in [0.15, 0.2) is 11.9 Å². The van der Waals surface area contributed by atoms with Crippen LogP contribution in [0.25, 0.3) is 10.9 Å². The Balaban J connectivity index is 0.00000180. The molecule has 3 aromatic rings. The Morgan fingerprint density at radius 3 is 1.68 bits per heavy atom. The monoisotopic (exact) mass is 1070 g/mol. The molecule has 76 heavy (non-hydrogen) atoms. The molecule has 0 saturated carbocycles. The Morgan fingerprint density at radius 2 is 1.17 bits per heavy atom. The summed E-state index contributed by atoms with van der Waals surface area (Å²) in [6, 6.07) is 12.5. The van der Waals surface area contributed by atoms with E-state index in [9.17, 15) is 43.2 Å². The molecular formula is C50H83N17O9. The number of guanidine groups is 2. The fourth-order valence-electron chi connectivity index (χ4n) is 6.44. The van der Waals surface area contributed by atoms with Gasteiger partial charge in [0.25, 0.3) is 0 Å². The fourth-order valence-corrected chi connectivity index (χ4v) is 6.44. The zero-order valence-electron chi connectivity index (χ0n) is 44.5. The summed E-state index contributed by atoms with van der Waals surface area (Å²) in [5, 5.41) is 21.4. The van der Waals surface area contributed by atoms with Gasteiger partial charge in [-0.25, -0.2) is 0 Å². The number of benzene rings is 2. The maximum atomic E-state index is 13.5. The van der Waals surface area contributed by atoms with Gasteiger partial charge in [-0.2, -0.15) is 0 Å². The van der Waals surface area contributed by atoms with Gasteiger partial charge < -0.3 is 86.7 Å². The van der Waals surface area contributed by atoms with Crippen molar-refractivity contribution < 1.29 is 43.2 Å². The number of amides is 8. The Labute approximate surface area is 444 Å². The first kappa shape index (κ1) is 67.9. The number of primary amides is 1. The van der Waals surface area contributed by atoms with Crippen LogP contribution in [0.4, 0.5) is 0 Å². The van der Waals surface area contributed by atoms with Gasteiger partial charge in [-0.1, -0.05) is 69.3 Å². The van der Waals surface area contributed by atoms with Crippen LogP contribution in [0, 0.1) is 0 Å². The normalized spacial score (nSPS) is 11.7. The second kappa shape index (κ2) is 41.2. The van der Waals surface area contributed by atoms with Crippen molar-refractivity contribution in [2.24, 2.45) is 44.4 Å². The van der Waals surface area contributed by atoms with Crippen molar-refractivity contribution in [2.75, 3.05) is 52.9 Å². The van der Waals surface area contributed by atoms with Crippen LogP contribution in [0.1, 0.15) is 83.8 Å². The van der Waals surface area contributed by atoms with Gasteiger partial charge >= 0.3 is 0 Å². The lowest BCUT2D eigenvalue weighted by molar-refractivity contribution is -0.134. The summed E-state index contributed by atoms with van der Waals surface area (Å²) < 4.78 is 0. The average Bonchev–Trinajstić information content (AvgIpc) is 3.82. The van der Waals surface area contributed by atoms with Crippen LogP contribution in [0.3, 0.4) is 0 Å². The number of hydrogen-bond donors (Lipinski definition) is 15. The maximum absolute atomic E-state index is 13.5. The molecule has 0 radical (unpaired) electrons. The number of aromatic nitrogens is 1. The van der Waals surface area contributed by atoms with E-state index in [-0.39, 0.29) is 57.1 Å². The Morgan fingerprint density at radius 1 is 0.632 bits per heavy atom. The molecular weight excluding hydrogens is 983 g/mol. The van der Waals surface area contributed by atoms with Gasteiger partial charge in [-0.15, -0.1) is 0 Å². The first-order valence-corrected chi connectivity index (χ1v) is 25.0. The van der Waals surface area contributed by atoms with Crippen molar-refractivity contribution in [3.05, 3.63) is 71.9 Å². The molecule has 26 heteroatoms. The van der Waals surface area contributed by atoms with E-state index in [2.05, 4.69) is 94.9 Å². The van der Waals surface area contributed by atoms with E-state index in [0.717, 1.165) is 32.4 Å². The highest BCUT2D eigenvalue weighted by Crippen LogP contribution is 2.17. The van der Waals surface area contributed by atoms with Crippen LogP contribution >= 0.6 is 0 Å². The number of hydrogen-bond acceptors (Lipinski definition) is 13. The quantitative estimate of drug-likeness (QED) is 0.0141. The van der Waals surface area contributed by atoms with Gasteiger partial charge in [0.2, 0.25) is 47.3 Å². The molecule has 3 unspecified atom stereocenters. The van der Waals surface area contributed by atoms with Crippen LogP contribution in [0.15, 0.2) is 70.8 Å². The number of H-pyrrole nitrogens is 1. The van der Waals surface area contributed by atoms with E-state index in [0.29, 0.717) is 24.8 Å². The number of nitrogens with one attached hydrogen (secondary N) is 9. The summed E-state index contributed by atoms with van der Waals surface area (Å²) in [5.74, 6) is -5.20. The fraction of sp³-hybridized carbons (Fsp3) is 0.500. The second-order valence-electron chi connectivity index (χ2n) is 16.8. The van der Waals surface area contributed by atoms with E-state index in [1.165, 1.54) is 23.4 Å². The number of nitrogens with two attached hydrogens (primary N) is 6. The highest BCUT2D eigenvalue weighted by atomic mass is 16.2. The number of carbonyl (C=O) groups is 9. The Bertz CT molecular complexity index is 2260. The van der Waals surface area contributed by atoms with Crippen molar-refractivity contribution >= 4 is 76.4 Å². The molecule has 422 valence electrons. The minimum atomic E-state index is -1.22. The van der Waals surface area contributed by atoms with Gasteiger partial charge in [0.05, 0.1) is 19.6 Å². The smallest absolute Gasteiger partial charge is 0.243 e. The molecule has 0 aliphatic rings. The highest BCUT2D eigenvalue weighted by molar-refractivity contribution is 5.96. The summed E-state index contributed by atoms with van der Waals surface area (Å²) in [6.45, 7) is 7.99. The zero-order valence-corrected chi connectivity index (χ0v) is 44.5. The van der Waals surface area contributed by atoms with E-state index in [1.54, 1.807) is 37.4 Å². The molecule has 4 atom stereocenters. The van der Waals surface area contributed by atoms with Crippen LogP contribution in [-0.4, -0.2) is 147 Å². The molecule has 0 fully saturated rings. The van der Waals surface area contributed by atoms with Crippen molar-refractivity contribution in [3.8, 4) is 0 Å². The molecule has 0 bridgehead atoms. The Kier molecular flexibility index (Phi) is 36.8. The highest BCUT2D eigenvalue weighted by Gasteiger charge is 2.30. The number of rotatable bonds is 30. The van der Waals surface area contributed by atoms with Crippen molar-refractivity contribution in [2.45, 2.75) is 110 Å². The molecule has 1 aromatic heterocycles. The predicted molar refractivity (Wildman–Crippen MR) is 294 cm³/mol. The van der Waals surface area contributed by atoms with Gasteiger partial charge in [-0.3, -0.25) is 48.3 Å². The molecule has 0 saturated heterocycles. The molecule has 21 N–H and O–H groups in total.